The second-order valence-corrected chi connectivity index (χ2v) is 4.43. The lowest BCUT2D eigenvalue weighted by molar-refractivity contribution is 0.579. The van der Waals surface area contributed by atoms with Gasteiger partial charge in [-0.2, -0.15) is 0 Å². The predicted molar refractivity (Wildman–Crippen MR) is 72.2 cm³/mol. The predicted octanol–water partition coefficient (Wildman–Crippen LogP) is 3.25. The van der Waals surface area contributed by atoms with Crippen LogP contribution in [0.4, 0.5) is 20.4 Å². The molecular formula is C13H12ClF2N3. The second kappa shape index (κ2) is 5.84. The van der Waals surface area contributed by atoms with Gasteiger partial charge in [-0.15, -0.1) is 0 Å². The van der Waals surface area contributed by atoms with E-state index < -0.39 is 11.6 Å². The topological polar surface area (TPSA) is 50.9 Å². The Labute approximate surface area is 114 Å². The molecule has 1 aromatic carbocycles. The van der Waals surface area contributed by atoms with Gasteiger partial charge in [-0.05, 0) is 24.1 Å². The number of rotatable bonds is 4. The highest BCUT2D eigenvalue weighted by molar-refractivity contribution is 6.30. The molecular weight excluding hydrogens is 272 g/mol. The Kier molecular flexibility index (Phi) is 4.16. The highest BCUT2D eigenvalue weighted by atomic mass is 35.5. The van der Waals surface area contributed by atoms with Gasteiger partial charge in [0.1, 0.15) is 0 Å². The van der Waals surface area contributed by atoms with Crippen LogP contribution in [0.2, 0.25) is 5.02 Å². The summed E-state index contributed by atoms with van der Waals surface area (Å²) < 4.78 is 26.3. The molecule has 3 N–H and O–H groups in total. The first-order valence-corrected chi connectivity index (χ1v) is 6.04. The van der Waals surface area contributed by atoms with E-state index in [1.54, 1.807) is 12.1 Å². The summed E-state index contributed by atoms with van der Waals surface area (Å²) in [7, 11) is 0. The molecule has 0 radical (unpaired) electrons. The molecule has 100 valence electrons. The van der Waals surface area contributed by atoms with Gasteiger partial charge in [0.05, 0.1) is 0 Å². The van der Waals surface area contributed by atoms with E-state index in [1.807, 2.05) is 12.1 Å². The molecule has 3 nitrogen and oxygen atoms in total. The number of anilines is 2. The van der Waals surface area contributed by atoms with Gasteiger partial charge < -0.3 is 11.1 Å². The minimum atomic E-state index is -0.860. The van der Waals surface area contributed by atoms with Gasteiger partial charge >= 0.3 is 0 Å². The van der Waals surface area contributed by atoms with Crippen molar-refractivity contribution in [3.8, 4) is 0 Å². The fourth-order valence-electron chi connectivity index (χ4n) is 1.58. The van der Waals surface area contributed by atoms with E-state index in [1.165, 1.54) is 0 Å². The summed E-state index contributed by atoms with van der Waals surface area (Å²) in [4.78, 5) is 3.61. The molecule has 1 heterocycles. The Morgan fingerprint density at radius 2 is 1.84 bits per heavy atom. The highest BCUT2D eigenvalue weighted by Gasteiger charge is 2.08. The number of hydrogen-bond acceptors (Lipinski definition) is 3. The normalized spacial score (nSPS) is 10.5. The van der Waals surface area contributed by atoms with Crippen LogP contribution < -0.4 is 11.1 Å². The number of nitrogens with one attached hydrogen (secondary N) is 1. The van der Waals surface area contributed by atoms with Crippen LogP contribution >= 0.6 is 11.6 Å². The van der Waals surface area contributed by atoms with E-state index in [0.29, 0.717) is 24.1 Å². The van der Waals surface area contributed by atoms with E-state index in [0.717, 1.165) is 5.56 Å². The molecule has 2 rings (SSSR count). The molecule has 0 bridgehead atoms. The lowest BCUT2D eigenvalue weighted by Crippen LogP contribution is -2.10. The molecule has 0 atom stereocenters. The van der Waals surface area contributed by atoms with Crippen LogP contribution in [0.1, 0.15) is 5.56 Å². The van der Waals surface area contributed by atoms with Gasteiger partial charge in [-0.1, -0.05) is 23.7 Å². The van der Waals surface area contributed by atoms with Crippen molar-refractivity contribution in [1.29, 1.82) is 0 Å². The van der Waals surface area contributed by atoms with Gasteiger partial charge in [-0.3, -0.25) is 0 Å². The van der Waals surface area contributed by atoms with Crippen LogP contribution in [-0.2, 0) is 6.42 Å². The maximum absolute atomic E-state index is 13.4. The number of aromatic nitrogens is 1. The Hall–Kier alpha value is -1.88. The van der Waals surface area contributed by atoms with Gasteiger partial charge in [-0.25, -0.2) is 13.8 Å². The Morgan fingerprint density at radius 1 is 1.16 bits per heavy atom. The molecule has 0 saturated heterocycles. The summed E-state index contributed by atoms with van der Waals surface area (Å²) in [5, 5.41) is 3.44. The van der Waals surface area contributed by atoms with Crippen LogP contribution in [0.15, 0.2) is 30.3 Å². The Bertz CT molecular complexity index is 573. The first kappa shape index (κ1) is 13.5. The Morgan fingerprint density at radius 3 is 2.53 bits per heavy atom. The molecule has 0 amide bonds. The van der Waals surface area contributed by atoms with Crippen molar-refractivity contribution >= 4 is 23.2 Å². The van der Waals surface area contributed by atoms with Gasteiger partial charge in [0.2, 0.25) is 0 Å². The second-order valence-electron chi connectivity index (χ2n) is 3.99. The minimum Gasteiger partial charge on any atom is -0.381 e. The third-order valence-corrected chi connectivity index (χ3v) is 2.83. The van der Waals surface area contributed by atoms with E-state index in [4.69, 9.17) is 17.3 Å². The zero-order valence-electron chi connectivity index (χ0n) is 9.96. The monoisotopic (exact) mass is 283 g/mol. The van der Waals surface area contributed by atoms with Crippen LogP contribution in [0, 0.1) is 11.6 Å². The summed E-state index contributed by atoms with van der Waals surface area (Å²) in [5.74, 6) is -1.99. The first-order valence-electron chi connectivity index (χ1n) is 5.66. The number of halogens is 3. The summed E-state index contributed by atoms with van der Waals surface area (Å²) >= 11 is 5.77. The first-order chi connectivity index (χ1) is 9.06. The van der Waals surface area contributed by atoms with Gasteiger partial charge in [0.15, 0.2) is 23.3 Å². The van der Waals surface area contributed by atoms with Gasteiger partial charge in [0.25, 0.3) is 0 Å². The quantitative estimate of drug-likeness (QED) is 0.905. The lowest BCUT2D eigenvalue weighted by atomic mass is 10.1. The number of nitrogens with two attached hydrogens (primary N) is 1. The van der Waals surface area contributed by atoms with Crippen molar-refractivity contribution in [3.05, 3.63) is 52.6 Å². The third kappa shape index (κ3) is 3.54. The summed E-state index contributed by atoms with van der Waals surface area (Å²) in [6, 6.07) is 8.05. The van der Waals surface area contributed by atoms with E-state index in [9.17, 15) is 8.78 Å². The van der Waals surface area contributed by atoms with Crippen molar-refractivity contribution in [2.45, 2.75) is 6.42 Å². The highest BCUT2D eigenvalue weighted by Crippen LogP contribution is 2.16. The molecule has 2 aromatic rings. The minimum absolute atomic E-state index is 0.0483. The number of benzene rings is 1. The van der Waals surface area contributed by atoms with Gasteiger partial charge in [0, 0.05) is 17.6 Å². The molecule has 0 aliphatic carbocycles. The number of pyridine rings is 1. The van der Waals surface area contributed by atoms with Crippen molar-refractivity contribution in [1.82, 2.24) is 4.98 Å². The van der Waals surface area contributed by atoms with Crippen molar-refractivity contribution in [2.24, 2.45) is 0 Å². The smallest absolute Gasteiger partial charge is 0.168 e. The number of hydrogen-bond donors (Lipinski definition) is 2. The van der Waals surface area contributed by atoms with Crippen LogP contribution in [0.5, 0.6) is 0 Å². The summed E-state index contributed by atoms with van der Waals surface area (Å²) in [6.45, 7) is 0.455. The van der Waals surface area contributed by atoms with Crippen LogP contribution in [0.3, 0.4) is 0 Å². The largest absolute Gasteiger partial charge is 0.381 e. The summed E-state index contributed by atoms with van der Waals surface area (Å²) in [5.41, 5.74) is 6.33. The Balaban J connectivity index is 1.96. The molecule has 0 unspecified atom stereocenters. The fourth-order valence-corrected chi connectivity index (χ4v) is 1.71. The molecule has 0 aliphatic rings. The van der Waals surface area contributed by atoms with E-state index in [-0.39, 0.29) is 11.6 Å². The molecule has 0 aliphatic heterocycles. The average Bonchev–Trinajstić information content (AvgIpc) is 2.38. The average molecular weight is 284 g/mol. The van der Waals surface area contributed by atoms with Crippen molar-refractivity contribution in [2.75, 3.05) is 17.6 Å². The molecule has 1 aromatic heterocycles. The van der Waals surface area contributed by atoms with Crippen LogP contribution in [0.25, 0.3) is 0 Å². The van der Waals surface area contributed by atoms with Crippen LogP contribution in [-0.4, -0.2) is 11.5 Å². The molecule has 0 spiro atoms. The molecule has 19 heavy (non-hydrogen) atoms. The third-order valence-electron chi connectivity index (χ3n) is 2.58. The standard InChI is InChI=1S/C13H12ClF2N3/c14-9-3-1-8(2-4-9)5-6-18-13-11(16)7-10(15)12(17)19-13/h1-4,7H,5-6H2,(H3,17,18,19). The lowest BCUT2D eigenvalue weighted by Gasteiger charge is -2.08. The maximum Gasteiger partial charge on any atom is 0.168 e. The van der Waals surface area contributed by atoms with E-state index in [2.05, 4.69) is 10.3 Å². The summed E-state index contributed by atoms with van der Waals surface area (Å²) in [6.07, 6.45) is 0.662. The van der Waals surface area contributed by atoms with Crippen molar-refractivity contribution < 1.29 is 8.78 Å². The SMILES string of the molecule is Nc1nc(NCCc2ccc(Cl)cc2)c(F)cc1F. The molecule has 0 saturated carbocycles. The fraction of sp³-hybridized carbons (Fsp3) is 0.154. The van der Waals surface area contributed by atoms with Crippen molar-refractivity contribution in [3.63, 3.8) is 0 Å². The molecule has 0 fully saturated rings. The molecule has 6 heteroatoms. The zero-order chi connectivity index (χ0) is 13.8. The van der Waals surface area contributed by atoms with E-state index >= 15 is 0 Å². The number of nitrogens with zero attached hydrogens (tertiary/aromatic N) is 1. The maximum atomic E-state index is 13.4. The zero-order valence-corrected chi connectivity index (χ0v) is 10.7. The number of nitrogen functional groups attached to an aromatic ring is 1.